The van der Waals surface area contributed by atoms with Gasteiger partial charge in [-0.25, -0.2) is 0 Å². The summed E-state index contributed by atoms with van der Waals surface area (Å²) in [6.45, 7) is 3.76. The second-order valence-corrected chi connectivity index (χ2v) is 15.9. The summed E-state index contributed by atoms with van der Waals surface area (Å²) in [5.74, 6) is -0.175. The average molecular weight is 756 g/mol. The van der Waals surface area contributed by atoms with Crippen molar-refractivity contribution in [2.75, 3.05) is 13.2 Å². The van der Waals surface area contributed by atoms with Crippen LogP contribution in [0, 0.1) is 0 Å². The van der Waals surface area contributed by atoms with Gasteiger partial charge in [-0.1, -0.05) is 193 Å². The smallest absolute Gasteiger partial charge is 0.220 e. The second-order valence-electron chi connectivity index (χ2n) is 15.9. The Balaban J connectivity index is 2.31. The van der Waals surface area contributed by atoms with Crippen LogP contribution in [-0.4, -0.2) is 87.5 Å². The number of carbonyl (C=O) groups is 1. The molecule has 0 aromatic carbocycles. The number of carbonyl (C=O) groups excluding carboxylic acids is 1. The van der Waals surface area contributed by atoms with Gasteiger partial charge >= 0.3 is 0 Å². The molecular weight excluding hydrogens is 670 g/mol. The Morgan fingerprint density at radius 2 is 1.04 bits per heavy atom. The third-order valence-electron chi connectivity index (χ3n) is 10.9. The first-order valence-corrected chi connectivity index (χ1v) is 22.4. The van der Waals surface area contributed by atoms with Crippen molar-refractivity contribution in [1.29, 1.82) is 0 Å². The topological polar surface area (TPSA) is 149 Å². The van der Waals surface area contributed by atoms with Gasteiger partial charge in [-0.05, 0) is 19.3 Å². The molecule has 1 amide bonds. The van der Waals surface area contributed by atoms with E-state index in [9.17, 15) is 30.3 Å². The van der Waals surface area contributed by atoms with Crippen molar-refractivity contribution >= 4 is 5.91 Å². The van der Waals surface area contributed by atoms with Gasteiger partial charge in [0.25, 0.3) is 0 Å². The van der Waals surface area contributed by atoms with Crippen LogP contribution in [0.1, 0.15) is 206 Å². The molecule has 0 spiro atoms. The van der Waals surface area contributed by atoms with Crippen LogP contribution in [0.25, 0.3) is 0 Å². The van der Waals surface area contributed by atoms with Crippen LogP contribution >= 0.6 is 0 Å². The molecule has 1 saturated heterocycles. The zero-order valence-corrected chi connectivity index (χ0v) is 34.3. The summed E-state index contributed by atoms with van der Waals surface area (Å²) in [7, 11) is 0. The average Bonchev–Trinajstić information content (AvgIpc) is 3.16. The number of hydrogen-bond acceptors (Lipinski definition) is 8. The van der Waals surface area contributed by atoms with Gasteiger partial charge < -0.3 is 40.3 Å². The predicted octanol–water partition coefficient (Wildman–Crippen LogP) is 8.95. The lowest BCUT2D eigenvalue weighted by molar-refractivity contribution is -0.302. The molecule has 1 aliphatic heterocycles. The van der Waals surface area contributed by atoms with E-state index in [2.05, 4.69) is 19.2 Å². The SMILES string of the molecule is CCCCCCCCCCC/C=C/C(O)C(COC1OC(CO)C(O)C(O)C1O)NC(=O)CCCCCCCCCCCCCCCCCCCCC. The first-order chi connectivity index (χ1) is 25.8. The van der Waals surface area contributed by atoms with E-state index in [1.165, 1.54) is 148 Å². The number of hydrogen-bond donors (Lipinski definition) is 6. The van der Waals surface area contributed by atoms with Crippen molar-refractivity contribution in [3.63, 3.8) is 0 Å². The molecule has 7 atom stereocenters. The molecule has 9 nitrogen and oxygen atoms in total. The van der Waals surface area contributed by atoms with Crippen molar-refractivity contribution in [3.8, 4) is 0 Å². The quantitative estimate of drug-likeness (QED) is 0.0272. The fourth-order valence-corrected chi connectivity index (χ4v) is 7.21. The minimum absolute atomic E-state index is 0.175. The van der Waals surface area contributed by atoms with Crippen molar-refractivity contribution in [2.24, 2.45) is 0 Å². The molecule has 1 aliphatic rings. The Labute approximate surface area is 325 Å². The number of unbranched alkanes of at least 4 members (excludes halogenated alkanes) is 27. The summed E-state index contributed by atoms with van der Waals surface area (Å²) < 4.78 is 11.2. The fraction of sp³-hybridized carbons (Fsp3) is 0.932. The number of rotatable bonds is 37. The molecule has 0 radical (unpaired) electrons. The van der Waals surface area contributed by atoms with Crippen molar-refractivity contribution in [1.82, 2.24) is 5.32 Å². The summed E-state index contributed by atoms with van der Waals surface area (Å²) in [5.41, 5.74) is 0. The number of ether oxygens (including phenoxy) is 2. The predicted molar refractivity (Wildman–Crippen MR) is 217 cm³/mol. The van der Waals surface area contributed by atoms with Crippen LogP contribution in [0.15, 0.2) is 12.2 Å². The van der Waals surface area contributed by atoms with Gasteiger partial charge in [0, 0.05) is 6.42 Å². The number of aliphatic hydroxyl groups is 5. The van der Waals surface area contributed by atoms with E-state index in [1.807, 2.05) is 6.08 Å². The molecule has 1 rings (SSSR count). The Morgan fingerprint density at radius 3 is 1.47 bits per heavy atom. The summed E-state index contributed by atoms with van der Waals surface area (Å²) in [6.07, 6.45) is 32.6. The lowest BCUT2D eigenvalue weighted by Crippen LogP contribution is -2.60. The van der Waals surface area contributed by atoms with Gasteiger partial charge in [-0.2, -0.15) is 0 Å². The van der Waals surface area contributed by atoms with E-state index in [-0.39, 0.29) is 12.5 Å². The van der Waals surface area contributed by atoms with Gasteiger partial charge in [0.05, 0.1) is 25.4 Å². The highest BCUT2D eigenvalue weighted by atomic mass is 16.7. The highest BCUT2D eigenvalue weighted by molar-refractivity contribution is 5.76. The summed E-state index contributed by atoms with van der Waals surface area (Å²) in [6, 6.07) is -0.797. The molecule has 9 heteroatoms. The largest absolute Gasteiger partial charge is 0.394 e. The minimum Gasteiger partial charge on any atom is -0.394 e. The van der Waals surface area contributed by atoms with E-state index in [0.717, 1.165) is 38.5 Å². The third kappa shape index (κ3) is 26.4. The molecule has 1 fully saturated rings. The molecule has 0 aliphatic carbocycles. The highest BCUT2D eigenvalue weighted by Crippen LogP contribution is 2.23. The molecule has 1 heterocycles. The highest BCUT2D eigenvalue weighted by Gasteiger charge is 2.44. The number of nitrogens with one attached hydrogen (secondary N) is 1. The lowest BCUT2D eigenvalue weighted by atomic mass is 9.99. The summed E-state index contributed by atoms with van der Waals surface area (Å²) in [5, 5.41) is 54.0. The van der Waals surface area contributed by atoms with Crippen LogP contribution in [-0.2, 0) is 14.3 Å². The van der Waals surface area contributed by atoms with Crippen LogP contribution in [0.2, 0.25) is 0 Å². The third-order valence-corrected chi connectivity index (χ3v) is 10.9. The van der Waals surface area contributed by atoms with Gasteiger partial charge in [0.2, 0.25) is 5.91 Å². The zero-order valence-electron chi connectivity index (χ0n) is 34.3. The van der Waals surface area contributed by atoms with E-state index in [4.69, 9.17) is 9.47 Å². The van der Waals surface area contributed by atoms with E-state index in [0.29, 0.717) is 6.42 Å². The van der Waals surface area contributed by atoms with Gasteiger partial charge in [-0.15, -0.1) is 0 Å². The fourth-order valence-electron chi connectivity index (χ4n) is 7.21. The number of amides is 1. The number of aliphatic hydroxyl groups excluding tert-OH is 5. The Morgan fingerprint density at radius 1 is 0.623 bits per heavy atom. The molecule has 7 unspecified atom stereocenters. The first kappa shape index (κ1) is 49.9. The Bertz CT molecular complexity index is 842. The van der Waals surface area contributed by atoms with Gasteiger partial charge in [0.1, 0.15) is 24.4 Å². The molecule has 0 aromatic rings. The summed E-state index contributed by atoms with van der Waals surface area (Å²) in [4.78, 5) is 12.9. The molecular formula is C44H85NO8. The van der Waals surface area contributed by atoms with E-state index >= 15 is 0 Å². The monoisotopic (exact) mass is 756 g/mol. The second kappa shape index (κ2) is 35.4. The summed E-state index contributed by atoms with van der Waals surface area (Å²) >= 11 is 0. The molecule has 0 saturated carbocycles. The number of allylic oxidation sites excluding steroid dienone is 1. The van der Waals surface area contributed by atoms with E-state index < -0.39 is 49.5 Å². The maximum atomic E-state index is 12.9. The van der Waals surface area contributed by atoms with Crippen molar-refractivity contribution < 1.29 is 39.8 Å². The molecule has 0 aromatic heterocycles. The van der Waals surface area contributed by atoms with Crippen LogP contribution < -0.4 is 5.32 Å². The first-order valence-electron chi connectivity index (χ1n) is 22.4. The molecule has 53 heavy (non-hydrogen) atoms. The maximum Gasteiger partial charge on any atom is 0.220 e. The van der Waals surface area contributed by atoms with Gasteiger partial charge in [0.15, 0.2) is 6.29 Å². The Hall–Kier alpha value is -1.07. The van der Waals surface area contributed by atoms with Crippen molar-refractivity contribution in [2.45, 2.75) is 249 Å². The molecule has 314 valence electrons. The van der Waals surface area contributed by atoms with Crippen molar-refractivity contribution in [3.05, 3.63) is 12.2 Å². The van der Waals surface area contributed by atoms with Crippen LogP contribution in [0.3, 0.4) is 0 Å². The van der Waals surface area contributed by atoms with E-state index in [1.54, 1.807) is 6.08 Å². The Kier molecular flexibility index (Phi) is 33.3. The maximum absolute atomic E-state index is 12.9. The normalized spacial score (nSPS) is 21.7. The molecule has 0 bridgehead atoms. The molecule has 6 N–H and O–H groups in total. The zero-order chi connectivity index (χ0) is 38.8. The van der Waals surface area contributed by atoms with Crippen LogP contribution in [0.4, 0.5) is 0 Å². The minimum atomic E-state index is -1.56. The van der Waals surface area contributed by atoms with Crippen LogP contribution in [0.5, 0.6) is 0 Å². The van der Waals surface area contributed by atoms with Gasteiger partial charge in [-0.3, -0.25) is 4.79 Å². The lowest BCUT2D eigenvalue weighted by Gasteiger charge is -2.40. The standard InChI is InChI=1S/C44H85NO8/c1-3-5-7-9-11-13-15-16-17-18-19-20-21-22-24-26-28-30-32-34-40(48)45-37(36-52-44-43(51)42(50)41(49)39(35-46)53-44)38(47)33-31-29-27-25-23-14-12-10-8-6-4-2/h31,33,37-39,41-44,46-47,49-51H,3-30,32,34-36H2,1-2H3,(H,45,48)/b33-31+.